The number of benzene rings is 6. The van der Waals surface area contributed by atoms with Gasteiger partial charge in [0.15, 0.2) is 0 Å². The van der Waals surface area contributed by atoms with E-state index in [2.05, 4.69) is 29.0 Å². The highest BCUT2D eigenvalue weighted by molar-refractivity contribution is 7.13. The number of hydrogen-bond acceptors (Lipinski definition) is 14. The predicted octanol–water partition coefficient (Wildman–Crippen LogP) is 10.3. The molecule has 14 nitrogen and oxygen atoms in total. The molecule has 2 fully saturated rings. The molecule has 0 spiro atoms. The van der Waals surface area contributed by atoms with Gasteiger partial charge in [-0.2, -0.15) is 0 Å². The SMILES string of the molecule is Fc1ccc2c(c1)CC[C@H](C1CO1)O2.Fc1ccc2c(c1)CC[C@H](C1CO1)O2.OC(CCCC(O)C1CCc2cc(F)ccc2O1)C1CCc2cc(F)ccc2O1.O[C@@H](CNP)[C@H]1CCc2cc(F)ccc2O1.O[C@H](CNP)[C@H]1CCc2cc(F)ccc2O1. The normalized spacial score (nSPS) is 24.1. The van der Waals surface area contributed by atoms with Gasteiger partial charge < -0.3 is 58.3 Å². The van der Waals surface area contributed by atoms with Gasteiger partial charge in [-0.3, -0.25) is 10.2 Å². The third-order valence-electron chi connectivity index (χ3n) is 16.9. The van der Waals surface area contributed by atoms with Crippen molar-refractivity contribution in [3.05, 3.63) is 177 Å². The lowest BCUT2D eigenvalue weighted by molar-refractivity contribution is 0.00133. The molecule has 6 aromatic carbocycles. The number of halogens is 6. The second-order valence-corrected chi connectivity index (χ2v) is 24.3. The molecule has 14 rings (SSSR count). The van der Waals surface area contributed by atoms with Gasteiger partial charge in [-0.25, -0.2) is 26.3 Å². The number of hydrogen-bond donors (Lipinski definition) is 6. The van der Waals surface area contributed by atoms with Gasteiger partial charge in [0.05, 0.1) is 25.4 Å². The first-order valence-electron chi connectivity index (χ1n) is 30.6. The van der Waals surface area contributed by atoms with Crippen LogP contribution in [0.4, 0.5) is 26.3 Å². The molecular formula is C67H78F6N2O12P2. The zero-order chi connectivity index (χ0) is 62.6. The predicted molar refractivity (Wildman–Crippen MR) is 328 cm³/mol. The summed E-state index contributed by atoms with van der Waals surface area (Å²) >= 11 is 0. The smallest absolute Gasteiger partial charge is 0.127 e. The highest BCUT2D eigenvalue weighted by Gasteiger charge is 2.38. The summed E-state index contributed by atoms with van der Waals surface area (Å²) in [7, 11) is 4.69. The largest absolute Gasteiger partial charge is 0.487 e. The molecule has 6 N–H and O–H groups in total. The number of aryl methyl sites for hydroxylation is 6. The van der Waals surface area contributed by atoms with Gasteiger partial charge in [-0.1, -0.05) is 18.8 Å². The van der Waals surface area contributed by atoms with E-state index >= 15 is 0 Å². The molecule has 6 aromatic rings. The summed E-state index contributed by atoms with van der Waals surface area (Å²) in [6.45, 7) is 2.54. The first-order chi connectivity index (χ1) is 43.0. The van der Waals surface area contributed by atoms with Gasteiger partial charge in [-0.05, 0) is 239 Å². The van der Waals surface area contributed by atoms with Gasteiger partial charge in [-0.15, -0.1) is 0 Å². The molecule has 14 atom stereocenters. The van der Waals surface area contributed by atoms with Gasteiger partial charge in [0.25, 0.3) is 0 Å². The lowest BCUT2D eigenvalue weighted by atomic mass is 9.94. The van der Waals surface area contributed by atoms with E-state index in [0.717, 1.165) is 96.6 Å². The van der Waals surface area contributed by atoms with Crippen LogP contribution >= 0.6 is 18.8 Å². The molecule has 8 heterocycles. The molecule has 480 valence electrons. The first-order valence-corrected chi connectivity index (χ1v) is 31.7. The molecule has 2 saturated heterocycles. The molecule has 0 bridgehead atoms. The van der Waals surface area contributed by atoms with Crippen LogP contribution in [0.5, 0.6) is 34.5 Å². The Kier molecular flexibility index (Phi) is 23.4. The molecule has 8 unspecified atom stereocenters. The lowest BCUT2D eigenvalue weighted by Crippen LogP contribution is -2.39. The molecule has 0 aromatic heterocycles. The van der Waals surface area contributed by atoms with Crippen molar-refractivity contribution in [3.8, 4) is 34.5 Å². The van der Waals surface area contributed by atoms with Crippen LogP contribution in [0, 0.1) is 34.9 Å². The Labute approximate surface area is 519 Å². The molecule has 8 aliphatic rings. The Morgan fingerprint density at radius 1 is 0.348 bits per heavy atom. The van der Waals surface area contributed by atoms with Crippen molar-refractivity contribution in [3.63, 3.8) is 0 Å². The van der Waals surface area contributed by atoms with E-state index in [1.807, 2.05) is 0 Å². The van der Waals surface area contributed by atoms with Crippen molar-refractivity contribution in [2.45, 2.75) is 170 Å². The van der Waals surface area contributed by atoms with Crippen molar-refractivity contribution in [2.75, 3.05) is 26.3 Å². The summed E-state index contributed by atoms with van der Waals surface area (Å²) in [5.74, 6) is 2.84. The van der Waals surface area contributed by atoms with Gasteiger partial charge in [0, 0.05) is 13.1 Å². The maximum absolute atomic E-state index is 13.3. The standard InChI is InChI=1S/C23H26F2O4.2C11H15FNO2P.2C11H11FO2/c24-16-6-10-20-14(12-16)4-8-22(28-20)18(26)2-1-3-19(27)23-9-5-15-13-17(25)7-11-21(15)29-23;2*12-8-2-4-10-7(5-8)1-3-11(15-10)9(14)6-13-16;2*12-8-2-4-9-7(5-8)1-3-10(14-9)11-6-13-11/h6-7,10-13,18-19,22-23,26-27H,1-5,8-9H2;2*2,4-5,9,11,13-14H,1,3,6,16H2;2*2,4-5,10-11H,1,3,6H2/t;9-,11+;9-,11-;2*10-,11?/m.0111/s1. The minimum absolute atomic E-state index is 0.174. The van der Waals surface area contributed by atoms with Crippen molar-refractivity contribution in [1.29, 1.82) is 0 Å². The number of nitrogens with one attached hydrogen (secondary N) is 2. The Balaban J connectivity index is 0.000000127. The van der Waals surface area contributed by atoms with Crippen molar-refractivity contribution in [2.24, 2.45) is 0 Å². The molecular weight excluding hydrogens is 1200 g/mol. The number of aliphatic hydroxyl groups is 4. The fraction of sp³-hybridized carbons (Fsp3) is 0.463. The summed E-state index contributed by atoms with van der Waals surface area (Å²) in [4.78, 5) is 0. The van der Waals surface area contributed by atoms with E-state index < -0.39 is 24.4 Å². The summed E-state index contributed by atoms with van der Waals surface area (Å²) in [6.07, 6.45) is 8.25. The number of rotatable bonds is 14. The second kappa shape index (κ2) is 31.5. The van der Waals surface area contributed by atoms with E-state index in [1.54, 1.807) is 48.5 Å². The summed E-state index contributed by atoms with van der Waals surface area (Å²) < 4.78 is 123. The first kappa shape index (κ1) is 66.2. The van der Waals surface area contributed by atoms with Crippen LogP contribution in [0.1, 0.15) is 91.2 Å². The zero-order valence-corrected chi connectivity index (χ0v) is 51.5. The average Bonchev–Trinajstić information content (AvgIpc) is 3.79. The molecule has 0 amide bonds. The molecule has 22 heteroatoms. The number of epoxide rings is 2. The van der Waals surface area contributed by atoms with Crippen LogP contribution in [0.2, 0.25) is 0 Å². The third-order valence-corrected chi connectivity index (χ3v) is 17.4. The summed E-state index contributed by atoms with van der Waals surface area (Å²) in [5.41, 5.74) is 5.37. The minimum Gasteiger partial charge on any atom is -0.487 e. The number of aliphatic hydroxyl groups excluding tert-OH is 4. The van der Waals surface area contributed by atoms with Crippen LogP contribution in [0.3, 0.4) is 0 Å². The molecule has 8 aliphatic heterocycles. The average molecular weight is 1280 g/mol. The van der Waals surface area contributed by atoms with Crippen molar-refractivity contribution >= 4 is 18.8 Å². The van der Waals surface area contributed by atoms with Gasteiger partial charge >= 0.3 is 0 Å². The fourth-order valence-corrected chi connectivity index (χ4v) is 12.3. The Morgan fingerprint density at radius 3 is 0.831 bits per heavy atom. The van der Waals surface area contributed by atoms with Crippen LogP contribution in [-0.2, 0) is 48.0 Å². The highest BCUT2D eigenvalue weighted by Crippen LogP contribution is 2.37. The maximum Gasteiger partial charge on any atom is 0.127 e. The maximum atomic E-state index is 13.3. The second-order valence-electron chi connectivity index (χ2n) is 23.4. The Hall–Kier alpha value is -5.76. The number of fused-ring (bicyclic) bond motifs is 6. The number of ether oxygens (including phenoxy) is 8. The molecule has 89 heavy (non-hydrogen) atoms. The van der Waals surface area contributed by atoms with E-state index in [0.29, 0.717) is 93.9 Å². The van der Waals surface area contributed by atoms with Gasteiger partial charge in [0.1, 0.15) is 130 Å². The Bertz CT molecular complexity index is 3080. The van der Waals surface area contributed by atoms with E-state index in [9.17, 15) is 46.8 Å². The summed E-state index contributed by atoms with van der Waals surface area (Å²) in [6, 6.07) is 27.3. The van der Waals surface area contributed by atoms with Crippen LogP contribution in [0.25, 0.3) is 0 Å². The minimum atomic E-state index is -0.642. The third kappa shape index (κ3) is 18.7. The van der Waals surface area contributed by atoms with E-state index in [-0.39, 0.29) is 83.7 Å². The lowest BCUT2D eigenvalue weighted by Gasteiger charge is -2.31. The molecule has 0 aliphatic carbocycles. The van der Waals surface area contributed by atoms with Crippen LogP contribution in [0.15, 0.2) is 109 Å². The van der Waals surface area contributed by atoms with Crippen LogP contribution < -0.4 is 38.6 Å². The van der Waals surface area contributed by atoms with Crippen LogP contribution in [-0.4, -0.2) is 120 Å². The van der Waals surface area contributed by atoms with Crippen molar-refractivity contribution < 1.29 is 84.7 Å². The fourth-order valence-electron chi connectivity index (χ4n) is 11.8. The van der Waals surface area contributed by atoms with Crippen molar-refractivity contribution in [1.82, 2.24) is 10.2 Å². The highest BCUT2D eigenvalue weighted by atomic mass is 31.0. The monoisotopic (exact) mass is 1280 g/mol. The Morgan fingerprint density at radius 2 is 0.584 bits per heavy atom. The summed E-state index contributed by atoms with van der Waals surface area (Å²) in [5, 5.41) is 46.2. The van der Waals surface area contributed by atoms with E-state index in [4.69, 9.17) is 37.9 Å². The molecule has 0 radical (unpaired) electrons. The zero-order valence-electron chi connectivity index (χ0n) is 49.2. The topological polar surface area (TPSA) is 185 Å². The quantitative estimate of drug-likeness (QED) is 0.0344. The van der Waals surface area contributed by atoms with E-state index in [1.165, 1.54) is 60.7 Å². The molecule has 0 saturated carbocycles. The van der Waals surface area contributed by atoms with Gasteiger partial charge in [0.2, 0.25) is 0 Å².